The number of carbonyl (C=O) groups excluding carboxylic acids is 2. The predicted octanol–water partition coefficient (Wildman–Crippen LogP) is 4.72. The number of furan rings is 1. The molecule has 0 saturated heterocycles. The van der Waals surface area contributed by atoms with Gasteiger partial charge < -0.3 is 15.1 Å². The van der Waals surface area contributed by atoms with Crippen molar-refractivity contribution in [2.24, 2.45) is 0 Å². The van der Waals surface area contributed by atoms with Gasteiger partial charge in [-0.15, -0.1) is 0 Å². The fraction of sp³-hybridized carbons (Fsp3) is 0.208. The Bertz CT molecular complexity index is 1440. The van der Waals surface area contributed by atoms with Crippen LogP contribution < -0.4 is 16.3 Å². The minimum Gasteiger partial charge on any atom is -0.472 e. The van der Waals surface area contributed by atoms with Crippen LogP contribution in [-0.4, -0.2) is 20.9 Å². The third-order valence-corrected chi connectivity index (χ3v) is 5.44. The van der Waals surface area contributed by atoms with Crippen LogP contribution in [0.2, 0.25) is 0 Å². The highest BCUT2D eigenvalue weighted by molar-refractivity contribution is 6.04. The lowest BCUT2D eigenvalue weighted by Gasteiger charge is -2.16. The van der Waals surface area contributed by atoms with E-state index in [-0.39, 0.29) is 29.9 Å². The van der Waals surface area contributed by atoms with Crippen LogP contribution in [0.5, 0.6) is 0 Å². The molecule has 0 radical (unpaired) electrons. The van der Waals surface area contributed by atoms with Crippen molar-refractivity contribution >= 4 is 34.2 Å². The van der Waals surface area contributed by atoms with Crippen LogP contribution in [0.1, 0.15) is 29.3 Å². The molecule has 35 heavy (non-hydrogen) atoms. The van der Waals surface area contributed by atoms with E-state index in [2.05, 4.69) is 10.6 Å². The molecule has 0 aliphatic rings. The Morgan fingerprint density at radius 2 is 1.71 bits per heavy atom. The van der Waals surface area contributed by atoms with Gasteiger partial charge in [0.1, 0.15) is 6.26 Å². The normalized spacial score (nSPS) is 11.5. The van der Waals surface area contributed by atoms with Crippen molar-refractivity contribution in [1.29, 1.82) is 0 Å². The van der Waals surface area contributed by atoms with Crippen LogP contribution in [0.4, 0.5) is 24.5 Å². The number of imidazole rings is 1. The number of hydrogen-bond acceptors (Lipinski definition) is 4. The number of nitrogens with one attached hydrogen (secondary N) is 2. The van der Waals surface area contributed by atoms with E-state index in [0.717, 1.165) is 18.4 Å². The maximum absolute atomic E-state index is 13.7. The summed E-state index contributed by atoms with van der Waals surface area (Å²) in [6.45, 7) is 2.26. The summed E-state index contributed by atoms with van der Waals surface area (Å²) in [6.07, 6.45) is -2.57. The standard InChI is InChI=1S/C24H21F3N4O4/c1-2-30-19-5-3-4-6-20(19)31(23(30)34)11-9-21(32)29-18-8-7-16(13-17(18)24(25,26)27)28-22(33)15-10-12-35-14-15/h3-8,10,12-14H,2,9,11H2,1H3,(H,28,33)(H,29,32). The number of para-hydroxylation sites is 2. The van der Waals surface area contributed by atoms with Gasteiger partial charge >= 0.3 is 11.9 Å². The number of rotatable bonds is 7. The number of carbonyl (C=O) groups is 2. The molecule has 0 spiro atoms. The Balaban J connectivity index is 1.51. The van der Waals surface area contributed by atoms with Gasteiger partial charge in [0.25, 0.3) is 5.91 Å². The number of alkyl halides is 3. The lowest BCUT2D eigenvalue weighted by atomic mass is 10.1. The zero-order valence-corrected chi connectivity index (χ0v) is 18.6. The number of amides is 2. The van der Waals surface area contributed by atoms with Gasteiger partial charge in [0.2, 0.25) is 5.91 Å². The zero-order valence-electron chi connectivity index (χ0n) is 18.6. The first-order chi connectivity index (χ1) is 16.7. The van der Waals surface area contributed by atoms with Gasteiger partial charge in [0, 0.05) is 25.2 Å². The van der Waals surface area contributed by atoms with Crippen molar-refractivity contribution in [3.63, 3.8) is 0 Å². The molecule has 0 aliphatic heterocycles. The van der Waals surface area contributed by atoms with Gasteiger partial charge in [-0.3, -0.25) is 18.7 Å². The molecule has 0 atom stereocenters. The molecule has 8 nitrogen and oxygen atoms in total. The summed E-state index contributed by atoms with van der Waals surface area (Å²) in [4.78, 5) is 37.3. The minimum atomic E-state index is -4.79. The van der Waals surface area contributed by atoms with Crippen LogP contribution in [0.25, 0.3) is 11.0 Å². The summed E-state index contributed by atoms with van der Waals surface area (Å²) in [5, 5.41) is 4.64. The topological polar surface area (TPSA) is 98.3 Å². The highest BCUT2D eigenvalue weighted by Gasteiger charge is 2.34. The second-order valence-electron chi connectivity index (χ2n) is 7.69. The van der Waals surface area contributed by atoms with Crippen LogP contribution in [0.3, 0.4) is 0 Å². The van der Waals surface area contributed by atoms with Crippen molar-refractivity contribution in [3.8, 4) is 0 Å². The number of halogens is 3. The minimum absolute atomic E-state index is 0.00161. The van der Waals surface area contributed by atoms with E-state index in [4.69, 9.17) is 4.42 Å². The SMILES string of the molecule is CCn1c(=O)n(CCC(=O)Nc2ccc(NC(=O)c3ccoc3)cc2C(F)(F)F)c2ccccc21. The molecule has 2 N–H and O–H groups in total. The Kier molecular flexibility index (Phi) is 6.50. The fourth-order valence-electron chi connectivity index (χ4n) is 3.78. The number of nitrogens with zero attached hydrogens (tertiary/aromatic N) is 2. The van der Waals surface area contributed by atoms with Crippen LogP contribution >= 0.6 is 0 Å². The molecule has 0 aliphatic carbocycles. The van der Waals surface area contributed by atoms with Gasteiger partial charge in [-0.05, 0) is 43.3 Å². The third kappa shape index (κ3) is 4.98. The maximum atomic E-state index is 13.7. The average molecular weight is 486 g/mol. The number of benzene rings is 2. The Hall–Kier alpha value is -4.28. The van der Waals surface area contributed by atoms with Crippen LogP contribution in [-0.2, 0) is 24.1 Å². The van der Waals surface area contributed by atoms with E-state index in [1.54, 1.807) is 28.8 Å². The molecule has 2 aromatic heterocycles. The molecule has 182 valence electrons. The summed E-state index contributed by atoms with van der Waals surface area (Å²) in [7, 11) is 0. The van der Waals surface area contributed by atoms with Crippen molar-refractivity contribution in [3.05, 3.63) is 82.7 Å². The lowest BCUT2D eigenvalue weighted by Crippen LogP contribution is -2.26. The van der Waals surface area contributed by atoms with Crippen molar-refractivity contribution in [2.45, 2.75) is 32.6 Å². The molecule has 4 rings (SSSR count). The monoisotopic (exact) mass is 486 g/mol. The quantitative estimate of drug-likeness (QED) is 0.395. The molecule has 0 saturated carbocycles. The number of fused-ring (bicyclic) bond motifs is 1. The molecule has 4 aromatic rings. The number of anilines is 2. The molecule has 2 heterocycles. The van der Waals surface area contributed by atoms with Gasteiger partial charge in [0.15, 0.2) is 0 Å². The van der Waals surface area contributed by atoms with E-state index >= 15 is 0 Å². The van der Waals surface area contributed by atoms with Gasteiger partial charge in [0.05, 0.1) is 34.1 Å². The van der Waals surface area contributed by atoms with Crippen molar-refractivity contribution in [1.82, 2.24) is 9.13 Å². The molecule has 0 fully saturated rings. The van der Waals surface area contributed by atoms with Crippen molar-refractivity contribution < 1.29 is 27.2 Å². The number of aromatic nitrogens is 2. The molecule has 2 amide bonds. The zero-order chi connectivity index (χ0) is 25.2. The number of aryl methyl sites for hydroxylation is 2. The van der Waals surface area contributed by atoms with Gasteiger partial charge in [-0.2, -0.15) is 13.2 Å². The largest absolute Gasteiger partial charge is 0.472 e. The number of hydrogen-bond donors (Lipinski definition) is 2. The van der Waals surface area contributed by atoms with E-state index in [1.165, 1.54) is 23.0 Å². The Morgan fingerprint density at radius 3 is 2.34 bits per heavy atom. The first kappa shape index (κ1) is 23.9. The smallest absolute Gasteiger partial charge is 0.418 e. The molecular weight excluding hydrogens is 465 g/mol. The predicted molar refractivity (Wildman–Crippen MR) is 123 cm³/mol. The van der Waals surface area contributed by atoms with E-state index < -0.39 is 29.2 Å². The van der Waals surface area contributed by atoms with E-state index in [1.807, 2.05) is 6.92 Å². The molecule has 11 heteroatoms. The average Bonchev–Trinajstić information content (AvgIpc) is 3.44. The van der Waals surface area contributed by atoms with Gasteiger partial charge in [-0.1, -0.05) is 12.1 Å². The highest BCUT2D eigenvalue weighted by Crippen LogP contribution is 2.36. The summed E-state index contributed by atoms with van der Waals surface area (Å²) >= 11 is 0. The van der Waals surface area contributed by atoms with E-state index in [9.17, 15) is 27.6 Å². The molecule has 0 bridgehead atoms. The van der Waals surface area contributed by atoms with Gasteiger partial charge in [-0.25, -0.2) is 4.79 Å². The van der Waals surface area contributed by atoms with Crippen LogP contribution in [0.15, 0.2) is 70.3 Å². The third-order valence-electron chi connectivity index (χ3n) is 5.44. The summed E-state index contributed by atoms with van der Waals surface area (Å²) in [5.74, 6) is -1.33. The second kappa shape index (κ2) is 9.53. The lowest BCUT2D eigenvalue weighted by molar-refractivity contribution is -0.136. The first-order valence-electron chi connectivity index (χ1n) is 10.7. The highest BCUT2D eigenvalue weighted by atomic mass is 19.4. The summed E-state index contributed by atoms with van der Waals surface area (Å²) < 4.78 is 48.8. The van der Waals surface area contributed by atoms with Crippen LogP contribution in [0, 0.1) is 0 Å². The first-order valence-corrected chi connectivity index (χ1v) is 10.7. The molecule has 0 unspecified atom stereocenters. The molecular formula is C24H21F3N4O4. The van der Waals surface area contributed by atoms with E-state index in [0.29, 0.717) is 17.6 Å². The summed E-state index contributed by atoms with van der Waals surface area (Å²) in [6, 6.07) is 11.5. The summed E-state index contributed by atoms with van der Waals surface area (Å²) in [5.41, 5.74) is -0.456. The Labute approximate surface area is 197 Å². The molecule has 2 aromatic carbocycles. The fourth-order valence-corrected chi connectivity index (χ4v) is 3.78. The second-order valence-corrected chi connectivity index (χ2v) is 7.69. The van der Waals surface area contributed by atoms with Crippen molar-refractivity contribution in [2.75, 3.05) is 10.6 Å². The maximum Gasteiger partial charge on any atom is 0.418 e. The Morgan fingerprint density at radius 1 is 1.00 bits per heavy atom.